The highest BCUT2D eigenvalue weighted by molar-refractivity contribution is 5.87. The number of nitrogens with two attached hydrogens (primary N) is 2. The summed E-state index contributed by atoms with van der Waals surface area (Å²) in [4.78, 5) is 23.1. The van der Waals surface area contributed by atoms with E-state index in [1.54, 1.807) is 6.20 Å². The van der Waals surface area contributed by atoms with Crippen LogP contribution in [-0.4, -0.2) is 62.0 Å². The molecule has 1 fully saturated rings. The van der Waals surface area contributed by atoms with Gasteiger partial charge in [0.15, 0.2) is 5.82 Å². The first kappa shape index (κ1) is 19.5. The van der Waals surface area contributed by atoms with Crippen molar-refractivity contribution in [3.05, 3.63) is 18.1 Å². The smallest absolute Gasteiger partial charge is 0.322 e. The molecule has 8 N–H and O–H groups in total. The molecule has 27 heavy (non-hydrogen) atoms. The van der Waals surface area contributed by atoms with E-state index in [0.717, 1.165) is 0 Å². The molecule has 5 unspecified atom stereocenters. The number of anilines is 1. The van der Waals surface area contributed by atoms with Gasteiger partial charge in [-0.15, -0.1) is 0 Å². The van der Waals surface area contributed by atoms with Crippen LogP contribution in [0.25, 0.3) is 11.0 Å². The van der Waals surface area contributed by atoms with Crippen LogP contribution in [0.4, 0.5) is 5.82 Å². The number of aromatic nitrogens is 3. The predicted molar refractivity (Wildman–Crippen MR) is 98.4 cm³/mol. The summed E-state index contributed by atoms with van der Waals surface area (Å²) in [6.45, 7) is 3.83. The van der Waals surface area contributed by atoms with Gasteiger partial charge in [-0.2, -0.15) is 0 Å². The number of nitrogen functional groups attached to an aromatic ring is 1. The second-order valence-corrected chi connectivity index (χ2v) is 7.32. The maximum absolute atomic E-state index is 12.0. The summed E-state index contributed by atoms with van der Waals surface area (Å²) in [5, 5.41) is 23.9. The fraction of sp³-hybridized carbons (Fsp3) is 0.588. The largest absolute Gasteiger partial charge is 0.463 e. The van der Waals surface area contributed by atoms with Crippen LogP contribution in [0.3, 0.4) is 0 Å². The van der Waals surface area contributed by atoms with Crippen LogP contribution < -0.4 is 16.8 Å². The van der Waals surface area contributed by atoms with Gasteiger partial charge >= 0.3 is 5.97 Å². The molecule has 1 aliphatic heterocycles. The number of H-pyrrole nitrogens is 1. The Kier molecular flexibility index (Phi) is 5.61. The average Bonchev–Trinajstić information content (AvgIpc) is 3.16. The van der Waals surface area contributed by atoms with Crippen molar-refractivity contribution >= 4 is 22.8 Å². The normalized spacial score (nSPS) is 26.6. The van der Waals surface area contributed by atoms with E-state index in [1.165, 1.54) is 6.33 Å². The molecule has 1 aliphatic rings. The Hall–Kier alpha value is -2.27. The number of ether oxygens (including phenoxy) is 1. The van der Waals surface area contributed by atoms with E-state index in [9.17, 15) is 15.0 Å². The van der Waals surface area contributed by atoms with E-state index in [2.05, 4.69) is 20.3 Å². The molecule has 2 aromatic heterocycles. The molecule has 0 spiro atoms. The first-order chi connectivity index (χ1) is 12.8. The average molecular weight is 378 g/mol. The van der Waals surface area contributed by atoms with E-state index in [0.29, 0.717) is 28.8 Å². The molecular formula is C17H26N6O4. The lowest BCUT2D eigenvalue weighted by molar-refractivity contribution is -0.147. The van der Waals surface area contributed by atoms with Crippen molar-refractivity contribution in [3.8, 4) is 0 Å². The minimum atomic E-state index is -1.12. The molecule has 3 heterocycles. The SMILES string of the molecule is CC(C)CC(N)C(=O)OCC1NC(c2c[nH]c3c(N)ncnc23)C(O)C1O. The van der Waals surface area contributed by atoms with Crippen LogP contribution in [0.1, 0.15) is 31.9 Å². The zero-order valence-corrected chi connectivity index (χ0v) is 15.3. The molecule has 0 saturated carbocycles. The van der Waals surface area contributed by atoms with Gasteiger partial charge in [-0.3, -0.25) is 10.1 Å². The number of aliphatic hydroxyl groups is 2. The second kappa shape index (κ2) is 7.77. The summed E-state index contributed by atoms with van der Waals surface area (Å²) < 4.78 is 5.23. The monoisotopic (exact) mass is 378 g/mol. The molecule has 5 atom stereocenters. The standard InChI is InChI=1S/C17H26N6O4/c1-7(2)3-9(18)17(26)27-5-10-14(24)15(25)12(23-10)8-4-20-13-11(8)21-6-22-16(13)19/h4,6-7,9-10,12,14-15,20,23-25H,3,5,18H2,1-2H3,(H2,19,21,22). The van der Waals surface area contributed by atoms with Crippen molar-refractivity contribution in [1.29, 1.82) is 0 Å². The number of hydrogen-bond donors (Lipinski definition) is 6. The highest BCUT2D eigenvalue weighted by Crippen LogP contribution is 2.32. The Bertz CT molecular complexity index is 810. The van der Waals surface area contributed by atoms with Crippen molar-refractivity contribution < 1.29 is 19.7 Å². The topological polar surface area (TPSA) is 172 Å². The third kappa shape index (κ3) is 3.88. The van der Waals surface area contributed by atoms with Gasteiger partial charge in [0.1, 0.15) is 36.7 Å². The number of hydrogen-bond acceptors (Lipinski definition) is 9. The van der Waals surface area contributed by atoms with E-state index < -0.39 is 36.3 Å². The summed E-state index contributed by atoms with van der Waals surface area (Å²) in [5.74, 6) is 0.0393. The number of nitrogens with one attached hydrogen (secondary N) is 2. The third-order valence-corrected chi connectivity index (χ3v) is 4.79. The summed E-state index contributed by atoms with van der Waals surface area (Å²) >= 11 is 0. The van der Waals surface area contributed by atoms with Crippen LogP contribution in [0.15, 0.2) is 12.5 Å². The maximum atomic E-state index is 12.0. The van der Waals surface area contributed by atoms with Gasteiger partial charge in [-0.25, -0.2) is 9.97 Å². The van der Waals surface area contributed by atoms with Crippen LogP contribution >= 0.6 is 0 Å². The maximum Gasteiger partial charge on any atom is 0.322 e. The van der Waals surface area contributed by atoms with Gasteiger partial charge in [0.05, 0.1) is 17.6 Å². The lowest BCUT2D eigenvalue weighted by Crippen LogP contribution is -2.41. The Morgan fingerprint density at radius 1 is 1.33 bits per heavy atom. The van der Waals surface area contributed by atoms with Crippen LogP contribution in [0, 0.1) is 5.92 Å². The number of fused-ring (bicyclic) bond motifs is 1. The predicted octanol–water partition coefficient (Wildman–Crippen LogP) is -0.809. The Balaban J connectivity index is 1.69. The summed E-state index contributed by atoms with van der Waals surface area (Å²) in [7, 11) is 0. The number of rotatable bonds is 6. The molecule has 10 nitrogen and oxygen atoms in total. The molecule has 148 valence electrons. The molecule has 10 heteroatoms. The molecular weight excluding hydrogens is 352 g/mol. The molecule has 0 bridgehead atoms. The van der Waals surface area contributed by atoms with Crippen LogP contribution in [-0.2, 0) is 9.53 Å². The summed E-state index contributed by atoms with van der Waals surface area (Å²) in [6, 6.07) is -1.95. The highest BCUT2D eigenvalue weighted by Gasteiger charge is 2.43. The van der Waals surface area contributed by atoms with E-state index in [4.69, 9.17) is 16.2 Å². The first-order valence-electron chi connectivity index (χ1n) is 8.91. The van der Waals surface area contributed by atoms with Crippen molar-refractivity contribution in [2.45, 2.75) is 50.6 Å². The van der Waals surface area contributed by atoms with Crippen molar-refractivity contribution in [3.63, 3.8) is 0 Å². The van der Waals surface area contributed by atoms with Crippen molar-refractivity contribution in [1.82, 2.24) is 20.3 Å². The number of carbonyl (C=O) groups excluding carboxylic acids is 1. The van der Waals surface area contributed by atoms with Crippen LogP contribution in [0.2, 0.25) is 0 Å². The van der Waals surface area contributed by atoms with E-state index >= 15 is 0 Å². The molecule has 0 aliphatic carbocycles. The quantitative estimate of drug-likeness (QED) is 0.351. The molecule has 3 rings (SSSR count). The van der Waals surface area contributed by atoms with Gasteiger partial charge in [0.25, 0.3) is 0 Å². The van der Waals surface area contributed by atoms with Gasteiger partial charge in [0, 0.05) is 11.8 Å². The molecule has 2 aromatic rings. The van der Waals surface area contributed by atoms with Crippen molar-refractivity contribution in [2.75, 3.05) is 12.3 Å². The minimum Gasteiger partial charge on any atom is -0.463 e. The van der Waals surface area contributed by atoms with E-state index in [-0.39, 0.29) is 12.5 Å². The fourth-order valence-electron chi connectivity index (χ4n) is 3.38. The number of aromatic amines is 1. The van der Waals surface area contributed by atoms with Crippen molar-refractivity contribution in [2.24, 2.45) is 11.7 Å². The fourth-order valence-corrected chi connectivity index (χ4v) is 3.38. The zero-order chi connectivity index (χ0) is 19.7. The Morgan fingerprint density at radius 3 is 2.78 bits per heavy atom. The Labute approximate surface area is 156 Å². The third-order valence-electron chi connectivity index (χ3n) is 4.79. The summed E-state index contributed by atoms with van der Waals surface area (Å²) in [6.07, 6.45) is 1.29. The lowest BCUT2D eigenvalue weighted by Gasteiger charge is -2.18. The summed E-state index contributed by atoms with van der Waals surface area (Å²) in [5.41, 5.74) is 13.4. The van der Waals surface area contributed by atoms with E-state index in [1.807, 2.05) is 13.8 Å². The second-order valence-electron chi connectivity index (χ2n) is 7.32. The minimum absolute atomic E-state index is 0.0984. The van der Waals surface area contributed by atoms with Gasteiger partial charge < -0.3 is 31.4 Å². The van der Waals surface area contributed by atoms with Crippen LogP contribution in [0.5, 0.6) is 0 Å². The first-order valence-corrected chi connectivity index (χ1v) is 8.91. The molecule has 1 saturated heterocycles. The molecule has 0 radical (unpaired) electrons. The van der Waals surface area contributed by atoms with Gasteiger partial charge in [-0.05, 0) is 12.3 Å². The highest BCUT2D eigenvalue weighted by atomic mass is 16.5. The number of aliphatic hydroxyl groups excluding tert-OH is 2. The molecule has 0 amide bonds. The number of carbonyl (C=O) groups is 1. The lowest BCUT2D eigenvalue weighted by atomic mass is 10.0. The number of nitrogens with zero attached hydrogens (tertiary/aromatic N) is 2. The molecule has 0 aromatic carbocycles. The zero-order valence-electron chi connectivity index (χ0n) is 15.3. The Morgan fingerprint density at radius 2 is 2.07 bits per heavy atom. The van der Waals surface area contributed by atoms with Gasteiger partial charge in [-0.1, -0.05) is 13.8 Å². The van der Waals surface area contributed by atoms with Gasteiger partial charge in [0.2, 0.25) is 0 Å². The number of esters is 1.